The van der Waals surface area contributed by atoms with E-state index in [2.05, 4.69) is 39.0 Å². The van der Waals surface area contributed by atoms with Gasteiger partial charge in [-0.15, -0.1) is 0 Å². The Labute approximate surface area is 127 Å². The minimum absolute atomic E-state index is 0.0397. The molecule has 0 saturated heterocycles. The molecule has 0 unspecified atom stereocenters. The Morgan fingerprint density at radius 3 is 2.75 bits per heavy atom. The number of halogens is 1. The minimum Gasteiger partial charge on any atom is -0.467 e. The van der Waals surface area contributed by atoms with Gasteiger partial charge in [-0.2, -0.15) is 0 Å². The maximum atomic E-state index is 5.96. The van der Waals surface area contributed by atoms with E-state index in [0.29, 0.717) is 6.04 Å². The number of rotatable bonds is 5. The van der Waals surface area contributed by atoms with Crippen LogP contribution in [0.4, 0.5) is 5.69 Å². The molecule has 0 spiro atoms. The topological polar surface area (TPSA) is 42.4 Å². The first-order chi connectivity index (χ1) is 9.65. The Bertz CT molecular complexity index is 576. The Kier molecular flexibility index (Phi) is 3.85. The first-order valence-corrected chi connectivity index (χ1v) is 7.78. The second kappa shape index (κ2) is 5.62. The fourth-order valence-corrected chi connectivity index (χ4v) is 3.18. The zero-order valence-electron chi connectivity index (χ0n) is 11.6. The highest BCUT2D eigenvalue weighted by molar-refractivity contribution is 9.10. The van der Waals surface area contributed by atoms with E-state index in [1.807, 2.05) is 19.1 Å². The number of benzene rings is 1. The highest BCUT2D eigenvalue weighted by Gasteiger charge is 2.30. The zero-order valence-corrected chi connectivity index (χ0v) is 13.1. The van der Waals surface area contributed by atoms with Gasteiger partial charge in [-0.25, -0.2) is 0 Å². The van der Waals surface area contributed by atoms with E-state index >= 15 is 0 Å². The lowest BCUT2D eigenvalue weighted by atomic mass is 10.1. The lowest BCUT2D eigenvalue weighted by molar-refractivity contribution is 0.501. The second-order valence-corrected chi connectivity index (χ2v) is 6.29. The van der Waals surface area contributed by atoms with Crippen LogP contribution in [0.15, 0.2) is 45.5 Å². The molecule has 1 atom stereocenters. The quantitative estimate of drug-likeness (QED) is 0.889. The summed E-state index contributed by atoms with van der Waals surface area (Å²) in [5, 5.41) is 0. The monoisotopic (exact) mass is 334 g/mol. The molecular formula is C16H19BrN2O. The van der Waals surface area contributed by atoms with E-state index in [4.69, 9.17) is 10.2 Å². The number of hydrogen-bond donors (Lipinski definition) is 1. The number of hydrogen-bond acceptors (Lipinski definition) is 3. The normalized spacial score (nSPS) is 16.1. The molecule has 0 amide bonds. The van der Waals surface area contributed by atoms with Gasteiger partial charge in [0.25, 0.3) is 0 Å². The SMILES string of the molecule is C[C@H](N)c1ccc(N(Cc2ccco2)C2CC2)cc1Br. The molecule has 2 N–H and O–H groups in total. The smallest absolute Gasteiger partial charge is 0.123 e. The van der Waals surface area contributed by atoms with Crippen LogP contribution in [0.3, 0.4) is 0 Å². The molecule has 1 aliphatic carbocycles. The van der Waals surface area contributed by atoms with Crippen LogP contribution >= 0.6 is 15.9 Å². The van der Waals surface area contributed by atoms with Gasteiger partial charge in [-0.1, -0.05) is 22.0 Å². The molecule has 4 heteroatoms. The van der Waals surface area contributed by atoms with Crippen LogP contribution < -0.4 is 10.6 Å². The van der Waals surface area contributed by atoms with E-state index in [1.165, 1.54) is 18.5 Å². The van der Waals surface area contributed by atoms with E-state index in [9.17, 15) is 0 Å². The van der Waals surface area contributed by atoms with E-state index < -0.39 is 0 Å². The van der Waals surface area contributed by atoms with Crippen molar-refractivity contribution in [1.29, 1.82) is 0 Å². The largest absolute Gasteiger partial charge is 0.467 e. The van der Waals surface area contributed by atoms with Crippen LogP contribution in [-0.2, 0) is 6.54 Å². The van der Waals surface area contributed by atoms with Crippen LogP contribution in [0.25, 0.3) is 0 Å². The number of furan rings is 1. The van der Waals surface area contributed by atoms with Crippen LogP contribution in [0.1, 0.15) is 37.1 Å². The van der Waals surface area contributed by atoms with Gasteiger partial charge in [0.15, 0.2) is 0 Å². The summed E-state index contributed by atoms with van der Waals surface area (Å²) in [6.45, 7) is 2.82. The van der Waals surface area contributed by atoms with Crippen molar-refractivity contribution < 1.29 is 4.42 Å². The minimum atomic E-state index is 0.0397. The molecule has 106 valence electrons. The van der Waals surface area contributed by atoms with E-state index in [1.54, 1.807) is 6.26 Å². The molecule has 1 aromatic carbocycles. The summed E-state index contributed by atoms with van der Waals surface area (Å²) in [7, 11) is 0. The van der Waals surface area contributed by atoms with Crippen molar-refractivity contribution in [3.63, 3.8) is 0 Å². The summed E-state index contributed by atoms with van der Waals surface area (Å²) in [5.74, 6) is 1.00. The summed E-state index contributed by atoms with van der Waals surface area (Å²) in [5.41, 5.74) is 8.33. The summed E-state index contributed by atoms with van der Waals surface area (Å²) >= 11 is 3.63. The lowest BCUT2D eigenvalue weighted by Crippen LogP contribution is -2.24. The molecular weight excluding hydrogens is 316 g/mol. The van der Waals surface area contributed by atoms with Crippen molar-refractivity contribution in [2.24, 2.45) is 5.73 Å². The van der Waals surface area contributed by atoms with E-state index in [-0.39, 0.29) is 6.04 Å². The van der Waals surface area contributed by atoms with Crippen molar-refractivity contribution in [2.75, 3.05) is 4.90 Å². The third-order valence-corrected chi connectivity index (χ3v) is 4.39. The molecule has 1 heterocycles. The van der Waals surface area contributed by atoms with Crippen molar-refractivity contribution >= 4 is 21.6 Å². The van der Waals surface area contributed by atoms with Crippen LogP contribution in [0.5, 0.6) is 0 Å². The van der Waals surface area contributed by atoms with Crippen molar-refractivity contribution in [1.82, 2.24) is 0 Å². The Balaban J connectivity index is 1.86. The Morgan fingerprint density at radius 2 is 2.20 bits per heavy atom. The van der Waals surface area contributed by atoms with Gasteiger partial charge in [0, 0.05) is 22.2 Å². The molecule has 0 aliphatic heterocycles. The predicted molar refractivity (Wildman–Crippen MR) is 84.7 cm³/mol. The van der Waals surface area contributed by atoms with Crippen LogP contribution in [-0.4, -0.2) is 6.04 Å². The highest BCUT2D eigenvalue weighted by Crippen LogP contribution is 2.35. The van der Waals surface area contributed by atoms with Gasteiger partial charge in [0.2, 0.25) is 0 Å². The average Bonchev–Trinajstić information content (AvgIpc) is 3.12. The van der Waals surface area contributed by atoms with Gasteiger partial charge in [0.1, 0.15) is 5.76 Å². The molecule has 0 radical (unpaired) electrons. The number of nitrogens with two attached hydrogens (primary N) is 1. The van der Waals surface area contributed by atoms with Crippen LogP contribution in [0, 0.1) is 0 Å². The Morgan fingerprint density at radius 1 is 1.40 bits per heavy atom. The first kappa shape index (κ1) is 13.7. The summed E-state index contributed by atoms with van der Waals surface area (Å²) in [4.78, 5) is 2.41. The summed E-state index contributed by atoms with van der Waals surface area (Å²) < 4.78 is 6.56. The fourth-order valence-electron chi connectivity index (χ4n) is 2.45. The summed E-state index contributed by atoms with van der Waals surface area (Å²) in [6, 6.07) is 11.1. The van der Waals surface area contributed by atoms with Gasteiger partial charge in [-0.3, -0.25) is 0 Å². The molecule has 3 rings (SSSR count). The third kappa shape index (κ3) is 2.91. The van der Waals surface area contributed by atoms with Crippen molar-refractivity contribution in [3.05, 3.63) is 52.4 Å². The van der Waals surface area contributed by atoms with Gasteiger partial charge < -0.3 is 15.1 Å². The number of nitrogens with zero attached hydrogens (tertiary/aromatic N) is 1. The summed E-state index contributed by atoms with van der Waals surface area (Å²) in [6.07, 6.45) is 4.25. The highest BCUT2D eigenvalue weighted by atomic mass is 79.9. The third-order valence-electron chi connectivity index (χ3n) is 3.70. The molecule has 20 heavy (non-hydrogen) atoms. The molecule has 3 nitrogen and oxygen atoms in total. The maximum Gasteiger partial charge on any atom is 0.123 e. The number of anilines is 1. The van der Waals surface area contributed by atoms with Gasteiger partial charge >= 0.3 is 0 Å². The van der Waals surface area contributed by atoms with Crippen LogP contribution in [0.2, 0.25) is 0 Å². The van der Waals surface area contributed by atoms with Gasteiger partial charge in [0.05, 0.1) is 12.8 Å². The molecule has 2 aromatic rings. The van der Waals surface area contributed by atoms with Gasteiger partial charge in [-0.05, 0) is 49.6 Å². The second-order valence-electron chi connectivity index (χ2n) is 5.43. The predicted octanol–water partition coefficient (Wildman–Crippen LogP) is 4.23. The van der Waals surface area contributed by atoms with E-state index in [0.717, 1.165) is 22.3 Å². The Hall–Kier alpha value is -1.26. The standard InChI is InChI=1S/C16H19BrN2O/c1-11(18)15-7-6-13(9-16(15)17)19(12-4-5-12)10-14-3-2-8-20-14/h2-3,6-9,11-12H,4-5,10,18H2,1H3/t11-/m0/s1. The molecule has 1 saturated carbocycles. The van der Waals surface area contributed by atoms with Crippen molar-refractivity contribution in [3.8, 4) is 0 Å². The lowest BCUT2D eigenvalue weighted by Gasteiger charge is -2.24. The fraction of sp³-hybridized carbons (Fsp3) is 0.375. The molecule has 1 aliphatic rings. The zero-order chi connectivity index (χ0) is 14.1. The van der Waals surface area contributed by atoms with Crippen molar-refractivity contribution in [2.45, 2.75) is 38.4 Å². The maximum absolute atomic E-state index is 5.96. The molecule has 0 bridgehead atoms. The molecule has 1 fully saturated rings. The molecule has 1 aromatic heterocycles. The first-order valence-electron chi connectivity index (χ1n) is 6.99. The average molecular weight is 335 g/mol.